The summed E-state index contributed by atoms with van der Waals surface area (Å²) >= 11 is 0. The highest BCUT2D eigenvalue weighted by Crippen LogP contribution is 2.37. The van der Waals surface area contributed by atoms with Gasteiger partial charge in [-0.2, -0.15) is 0 Å². The highest BCUT2D eigenvalue weighted by molar-refractivity contribution is 5.98. The molecule has 1 aromatic heterocycles. The van der Waals surface area contributed by atoms with Gasteiger partial charge in [-0.1, -0.05) is 24.8 Å². The maximum atomic E-state index is 11.5. The van der Waals surface area contributed by atoms with Crippen LogP contribution in [0.2, 0.25) is 0 Å². The van der Waals surface area contributed by atoms with E-state index < -0.39 is 0 Å². The maximum Gasteiger partial charge on any atom is 0.158 e. The molecule has 2 heteroatoms. The molecule has 1 saturated carbocycles. The Morgan fingerprint density at radius 3 is 2.81 bits per heavy atom. The molecule has 3 rings (SSSR count). The number of hydrogen-bond donors (Lipinski definition) is 1. The van der Waals surface area contributed by atoms with Gasteiger partial charge in [0, 0.05) is 23.5 Å². The first-order valence-corrected chi connectivity index (χ1v) is 5.52. The lowest BCUT2D eigenvalue weighted by atomic mass is 9.97. The van der Waals surface area contributed by atoms with E-state index in [1.165, 1.54) is 10.9 Å². The average molecular weight is 211 g/mol. The van der Waals surface area contributed by atoms with Gasteiger partial charge in [-0.05, 0) is 29.5 Å². The number of allylic oxidation sites excluding steroid dienone is 1. The summed E-state index contributed by atoms with van der Waals surface area (Å²) in [6.45, 7) is 3.82. The molecular weight excluding hydrogens is 198 g/mol. The molecule has 1 aromatic carbocycles. The number of H-pyrrole nitrogens is 1. The van der Waals surface area contributed by atoms with Crippen LogP contribution in [0.3, 0.4) is 0 Å². The van der Waals surface area contributed by atoms with Crippen molar-refractivity contribution >= 4 is 16.7 Å². The van der Waals surface area contributed by atoms with Gasteiger partial charge in [-0.15, -0.1) is 0 Å². The van der Waals surface area contributed by atoms with E-state index in [1.54, 1.807) is 0 Å². The minimum Gasteiger partial charge on any atom is -0.361 e. The average Bonchev–Trinajstić information content (AvgIpc) is 2.83. The lowest BCUT2D eigenvalue weighted by Crippen LogP contribution is -1.92. The monoisotopic (exact) mass is 211 g/mol. The first kappa shape index (κ1) is 9.40. The molecule has 80 valence electrons. The van der Waals surface area contributed by atoms with Crippen molar-refractivity contribution < 1.29 is 4.79 Å². The Kier molecular flexibility index (Phi) is 1.96. The summed E-state index contributed by atoms with van der Waals surface area (Å²) in [5.41, 5.74) is 3.17. The molecule has 1 unspecified atom stereocenters. The number of carbonyl (C=O) groups excluding carboxylic acids is 1. The van der Waals surface area contributed by atoms with Crippen LogP contribution in [0.4, 0.5) is 0 Å². The van der Waals surface area contributed by atoms with Crippen LogP contribution < -0.4 is 0 Å². The fourth-order valence-electron chi connectivity index (χ4n) is 2.50. The van der Waals surface area contributed by atoms with Crippen molar-refractivity contribution in [2.45, 2.75) is 18.8 Å². The van der Waals surface area contributed by atoms with E-state index >= 15 is 0 Å². The van der Waals surface area contributed by atoms with Gasteiger partial charge in [-0.3, -0.25) is 4.79 Å². The maximum absolute atomic E-state index is 11.5. The SMILES string of the molecule is C=C1CC(c2c[nH]c3ccccc23)CC1=O. The van der Waals surface area contributed by atoms with Gasteiger partial charge >= 0.3 is 0 Å². The van der Waals surface area contributed by atoms with Crippen LogP contribution in [-0.4, -0.2) is 10.8 Å². The summed E-state index contributed by atoms with van der Waals surface area (Å²) in [5.74, 6) is 0.534. The lowest BCUT2D eigenvalue weighted by Gasteiger charge is -2.05. The van der Waals surface area contributed by atoms with Crippen LogP contribution in [-0.2, 0) is 4.79 Å². The van der Waals surface area contributed by atoms with E-state index in [9.17, 15) is 4.79 Å². The zero-order chi connectivity index (χ0) is 11.1. The Morgan fingerprint density at radius 1 is 1.25 bits per heavy atom. The third-order valence-corrected chi connectivity index (χ3v) is 3.38. The molecule has 0 spiro atoms. The van der Waals surface area contributed by atoms with Gasteiger partial charge in [0.25, 0.3) is 0 Å². The van der Waals surface area contributed by atoms with Gasteiger partial charge in [0.2, 0.25) is 0 Å². The van der Waals surface area contributed by atoms with Crippen LogP contribution in [0.25, 0.3) is 10.9 Å². The van der Waals surface area contributed by atoms with Crippen molar-refractivity contribution in [3.63, 3.8) is 0 Å². The van der Waals surface area contributed by atoms with Crippen LogP contribution >= 0.6 is 0 Å². The topological polar surface area (TPSA) is 32.9 Å². The van der Waals surface area contributed by atoms with Crippen LogP contribution in [0.1, 0.15) is 24.3 Å². The number of para-hydroxylation sites is 1. The summed E-state index contributed by atoms with van der Waals surface area (Å²) in [7, 11) is 0. The first-order valence-electron chi connectivity index (χ1n) is 5.52. The van der Waals surface area contributed by atoms with E-state index in [2.05, 4.69) is 23.7 Å². The molecule has 2 aromatic rings. The van der Waals surface area contributed by atoms with E-state index in [0.717, 1.165) is 17.5 Å². The molecule has 1 heterocycles. The zero-order valence-electron chi connectivity index (χ0n) is 8.99. The van der Waals surface area contributed by atoms with Crippen LogP contribution in [0, 0.1) is 0 Å². The van der Waals surface area contributed by atoms with Crippen molar-refractivity contribution in [3.8, 4) is 0 Å². The number of fused-ring (bicyclic) bond motifs is 1. The number of aromatic amines is 1. The third-order valence-electron chi connectivity index (χ3n) is 3.38. The smallest absolute Gasteiger partial charge is 0.158 e. The Balaban J connectivity index is 2.07. The number of ketones is 1. The molecule has 1 aliphatic carbocycles. The van der Waals surface area contributed by atoms with E-state index in [1.807, 2.05) is 18.3 Å². The van der Waals surface area contributed by atoms with Crippen molar-refractivity contribution in [2.24, 2.45) is 0 Å². The molecule has 1 aliphatic rings. The molecule has 2 nitrogen and oxygen atoms in total. The highest BCUT2D eigenvalue weighted by atomic mass is 16.1. The zero-order valence-corrected chi connectivity index (χ0v) is 8.99. The predicted molar refractivity (Wildman–Crippen MR) is 64.4 cm³/mol. The van der Waals surface area contributed by atoms with Crippen molar-refractivity contribution in [1.82, 2.24) is 4.98 Å². The molecule has 0 bridgehead atoms. The highest BCUT2D eigenvalue weighted by Gasteiger charge is 2.28. The fraction of sp³-hybridized carbons (Fsp3) is 0.214. The van der Waals surface area contributed by atoms with E-state index in [4.69, 9.17) is 0 Å². The Bertz CT molecular complexity index is 563. The number of carbonyl (C=O) groups is 1. The standard InChI is InChI=1S/C14H13NO/c1-9-6-10(7-14(9)16)12-8-15-13-5-3-2-4-11(12)13/h2-5,8,10,15H,1,6-7H2. The van der Waals surface area contributed by atoms with Crippen molar-refractivity contribution in [3.05, 3.63) is 48.2 Å². The second-order valence-corrected chi connectivity index (χ2v) is 4.42. The number of benzene rings is 1. The summed E-state index contributed by atoms with van der Waals surface area (Å²) in [6.07, 6.45) is 3.45. The van der Waals surface area contributed by atoms with Gasteiger partial charge in [-0.25, -0.2) is 0 Å². The van der Waals surface area contributed by atoms with Gasteiger partial charge < -0.3 is 4.98 Å². The second-order valence-electron chi connectivity index (χ2n) is 4.42. The van der Waals surface area contributed by atoms with E-state index in [-0.39, 0.29) is 5.78 Å². The minimum atomic E-state index is 0.218. The molecule has 16 heavy (non-hydrogen) atoms. The molecule has 1 N–H and O–H groups in total. The molecule has 0 saturated heterocycles. The molecular formula is C14H13NO. The third kappa shape index (κ3) is 1.30. The largest absolute Gasteiger partial charge is 0.361 e. The summed E-state index contributed by atoms with van der Waals surface area (Å²) in [6, 6.07) is 8.21. The Hall–Kier alpha value is -1.83. The summed E-state index contributed by atoms with van der Waals surface area (Å²) < 4.78 is 0. The summed E-state index contributed by atoms with van der Waals surface area (Å²) in [5, 5.41) is 1.23. The number of Topliss-reactive ketones (excluding diaryl/α,β-unsaturated/α-hetero) is 1. The predicted octanol–water partition coefficient (Wildman–Crippen LogP) is 3.17. The molecule has 1 fully saturated rings. The molecule has 0 aliphatic heterocycles. The van der Waals surface area contributed by atoms with Gasteiger partial charge in [0.15, 0.2) is 5.78 Å². The molecule has 1 atom stereocenters. The van der Waals surface area contributed by atoms with Crippen molar-refractivity contribution in [1.29, 1.82) is 0 Å². The fourth-order valence-corrected chi connectivity index (χ4v) is 2.50. The van der Waals surface area contributed by atoms with Gasteiger partial charge in [0.1, 0.15) is 0 Å². The molecule has 0 radical (unpaired) electrons. The van der Waals surface area contributed by atoms with Crippen LogP contribution in [0.15, 0.2) is 42.6 Å². The number of nitrogens with one attached hydrogen (secondary N) is 1. The normalized spacial score (nSPS) is 20.9. The number of aromatic nitrogens is 1. The minimum absolute atomic E-state index is 0.218. The lowest BCUT2D eigenvalue weighted by molar-refractivity contribution is -0.114. The number of rotatable bonds is 1. The Labute approximate surface area is 94.0 Å². The van der Waals surface area contributed by atoms with Crippen LogP contribution in [0.5, 0.6) is 0 Å². The summed E-state index contributed by atoms with van der Waals surface area (Å²) in [4.78, 5) is 14.8. The number of hydrogen-bond acceptors (Lipinski definition) is 1. The van der Waals surface area contributed by atoms with Gasteiger partial charge in [0.05, 0.1) is 0 Å². The van der Waals surface area contributed by atoms with E-state index in [0.29, 0.717) is 12.3 Å². The molecule has 0 amide bonds. The second kappa shape index (κ2) is 3.34. The first-order chi connectivity index (χ1) is 7.75. The van der Waals surface area contributed by atoms with Crippen molar-refractivity contribution in [2.75, 3.05) is 0 Å². The Morgan fingerprint density at radius 2 is 2.06 bits per heavy atom. The quantitative estimate of drug-likeness (QED) is 0.722.